The van der Waals surface area contributed by atoms with Crippen molar-refractivity contribution in [2.75, 3.05) is 20.3 Å². The van der Waals surface area contributed by atoms with E-state index in [4.69, 9.17) is 14.2 Å². The summed E-state index contributed by atoms with van der Waals surface area (Å²) in [5.41, 5.74) is 3.18. The number of ketones is 1. The molecule has 1 aromatic carbocycles. The SMILES string of the molecule is COc1cc([C@@H]2C(C(=O)OC[C@H]3CCCO3)=C(C)NC3=C2C(=O)C[C@@H](c2cccs2)C3)ccc1O. The molecule has 184 valence electrons. The number of phenols is 1. The molecule has 2 N–H and O–H groups in total. The number of thiophene rings is 1. The molecule has 1 aromatic heterocycles. The van der Waals surface area contributed by atoms with E-state index in [9.17, 15) is 14.7 Å². The first-order valence-corrected chi connectivity index (χ1v) is 12.8. The molecular weight excluding hydrogens is 466 g/mol. The predicted octanol–water partition coefficient (Wildman–Crippen LogP) is 4.55. The maximum Gasteiger partial charge on any atom is 0.336 e. The van der Waals surface area contributed by atoms with Gasteiger partial charge in [-0.3, -0.25) is 4.79 Å². The van der Waals surface area contributed by atoms with Crippen LogP contribution in [0.15, 0.2) is 58.3 Å². The second-order valence-electron chi connectivity index (χ2n) is 9.20. The predicted molar refractivity (Wildman–Crippen MR) is 131 cm³/mol. The van der Waals surface area contributed by atoms with Crippen LogP contribution < -0.4 is 10.1 Å². The Hall–Kier alpha value is -3.10. The number of carbonyl (C=O) groups is 2. The Bertz CT molecular complexity index is 1190. The third-order valence-electron chi connectivity index (χ3n) is 6.95. The second kappa shape index (κ2) is 9.87. The molecule has 0 amide bonds. The van der Waals surface area contributed by atoms with Gasteiger partial charge < -0.3 is 24.6 Å². The Kier molecular flexibility index (Phi) is 6.67. The fraction of sp³-hybridized carbons (Fsp3) is 0.407. The fourth-order valence-electron chi connectivity index (χ4n) is 5.26. The van der Waals surface area contributed by atoms with Gasteiger partial charge in [0.1, 0.15) is 6.61 Å². The first kappa shape index (κ1) is 23.6. The molecule has 35 heavy (non-hydrogen) atoms. The van der Waals surface area contributed by atoms with E-state index >= 15 is 0 Å². The molecular formula is C27H29NO6S. The minimum absolute atomic E-state index is 0.00433. The lowest BCUT2D eigenvalue weighted by molar-refractivity contribution is -0.142. The lowest BCUT2D eigenvalue weighted by Crippen LogP contribution is -2.36. The van der Waals surface area contributed by atoms with Gasteiger partial charge in [0.05, 0.1) is 18.8 Å². The monoisotopic (exact) mass is 495 g/mol. The highest BCUT2D eigenvalue weighted by atomic mass is 32.1. The van der Waals surface area contributed by atoms with E-state index in [-0.39, 0.29) is 35.9 Å². The van der Waals surface area contributed by atoms with Crippen LogP contribution in [0.25, 0.3) is 0 Å². The summed E-state index contributed by atoms with van der Waals surface area (Å²) in [6, 6.07) is 9.02. The van der Waals surface area contributed by atoms with Crippen molar-refractivity contribution in [2.45, 2.75) is 50.5 Å². The number of hydrogen-bond donors (Lipinski definition) is 2. The molecule has 0 saturated carbocycles. The van der Waals surface area contributed by atoms with Crippen molar-refractivity contribution >= 4 is 23.1 Å². The molecule has 0 spiro atoms. The highest BCUT2D eigenvalue weighted by Crippen LogP contribution is 2.47. The minimum Gasteiger partial charge on any atom is -0.504 e. The van der Waals surface area contributed by atoms with Gasteiger partial charge in [0.2, 0.25) is 0 Å². The third-order valence-corrected chi connectivity index (χ3v) is 7.99. The van der Waals surface area contributed by atoms with Crippen LogP contribution in [0.1, 0.15) is 54.9 Å². The molecule has 5 rings (SSSR count). The summed E-state index contributed by atoms with van der Waals surface area (Å²) in [5.74, 6) is -0.699. The van der Waals surface area contributed by atoms with Crippen molar-refractivity contribution in [1.82, 2.24) is 5.32 Å². The van der Waals surface area contributed by atoms with Crippen LogP contribution in [0, 0.1) is 0 Å². The zero-order chi connectivity index (χ0) is 24.5. The maximum absolute atomic E-state index is 13.6. The van der Waals surface area contributed by atoms with Crippen molar-refractivity contribution in [2.24, 2.45) is 0 Å². The van der Waals surface area contributed by atoms with Crippen LogP contribution in [0.5, 0.6) is 11.5 Å². The topological polar surface area (TPSA) is 94.1 Å². The standard InChI is InChI=1S/C27H29NO6S/c1-15-24(27(31)34-14-18-5-3-9-33-18)25(16-7-8-20(29)22(13-16)32-2)26-19(28-15)11-17(12-21(26)30)23-6-4-10-35-23/h4,6-8,10,13,17-18,25,28-29H,3,5,9,11-12,14H2,1-2H3/t17-,18+,25+/m0/s1. The molecule has 1 aliphatic carbocycles. The van der Waals surface area contributed by atoms with Gasteiger partial charge in [-0.1, -0.05) is 12.1 Å². The van der Waals surface area contributed by atoms with Crippen LogP contribution in [0.2, 0.25) is 0 Å². The number of methoxy groups -OCH3 is 1. The van der Waals surface area contributed by atoms with Crippen molar-refractivity contribution in [1.29, 1.82) is 0 Å². The van der Waals surface area contributed by atoms with Crippen molar-refractivity contribution < 1.29 is 28.9 Å². The fourth-order valence-corrected chi connectivity index (χ4v) is 6.09. The molecule has 0 unspecified atom stereocenters. The summed E-state index contributed by atoms with van der Waals surface area (Å²) < 4.78 is 16.6. The summed E-state index contributed by atoms with van der Waals surface area (Å²) in [6.07, 6.45) is 2.78. The molecule has 3 heterocycles. The summed E-state index contributed by atoms with van der Waals surface area (Å²) >= 11 is 1.65. The second-order valence-corrected chi connectivity index (χ2v) is 10.2. The quantitative estimate of drug-likeness (QED) is 0.568. The molecule has 2 aromatic rings. The van der Waals surface area contributed by atoms with Gasteiger partial charge in [0, 0.05) is 46.7 Å². The number of hydrogen-bond acceptors (Lipinski definition) is 8. The zero-order valence-corrected chi connectivity index (χ0v) is 20.7. The zero-order valence-electron chi connectivity index (χ0n) is 19.8. The van der Waals surface area contributed by atoms with Crippen molar-refractivity contribution in [3.63, 3.8) is 0 Å². The molecule has 1 fully saturated rings. The average Bonchev–Trinajstić information content (AvgIpc) is 3.56. The van der Waals surface area contributed by atoms with E-state index in [2.05, 4.69) is 11.4 Å². The van der Waals surface area contributed by atoms with E-state index in [0.717, 1.165) is 18.5 Å². The molecule has 7 nitrogen and oxygen atoms in total. The number of allylic oxidation sites excluding steroid dienone is 3. The van der Waals surface area contributed by atoms with Gasteiger partial charge in [-0.15, -0.1) is 11.3 Å². The van der Waals surface area contributed by atoms with Gasteiger partial charge in [-0.25, -0.2) is 4.79 Å². The Balaban J connectivity index is 1.53. The number of carbonyl (C=O) groups excluding carboxylic acids is 2. The average molecular weight is 496 g/mol. The molecule has 3 aliphatic rings. The molecule has 2 aliphatic heterocycles. The van der Waals surface area contributed by atoms with Gasteiger partial charge in [-0.2, -0.15) is 0 Å². The first-order chi connectivity index (χ1) is 17.0. The molecule has 3 atom stereocenters. The highest BCUT2D eigenvalue weighted by Gasteiger charge is 2.42. The van der Waals surface area contributed by atoms with Gasteiger partial charge in [-0.05, 0) is 55.3 Å². The van der Waals surface area contributed by atoms with E-state index in [0.29, 0.717) is 41.9 Å². The number of Topliss-reactive ketones (excluding diaryl/α,β-unsaturated/α-hetero) is 1. The first-order valence-electron chi connectivity index (χ1n) is 11.9. The van der Waals surface area contributed by atoms with Crippen LogP contribution >= 0.6 is 11.3 Å². The number of esters is 1. The van der Waals surface area contributed by atoms with Crippen LogP contribution in [-0.2, 0) is 19.1 Å². The van der Waals surface area contributed by atoms with E-state index in [1.807, 2.05) is 18.4 Å². The van der Waals surface area contributed by atoms with E-state index in [1.54, 1.807) is 23.5 Å². The lowest BCUT2D eigenvalue weighted by Gasteiger charge is -2.36. The van der Waals surface area contributed by atoms with Crippen LogP contribution in [0.3, 0.4) is 0 Å². The van der Waals surface area contributed by atoms with Crippen molar-refractivity contribution in [3.05, 3.63) is 68.7 Å². The number of aromatic hydroxyl groups is 1. The molecule has 1 saturated heterocycles. The number of benzene rings is 1. The number of nitrogens with one attached hydrogen (secondary N) is 1. The third kappa shape index (κ3) is 4.60. The normalized spacial score (nSPS) is 24.3. The largest absolute Gasteiger partial charge is 0.504 e. The van der Waals surface area contributed by atoms with E-state index in [1.165, 1.54) is 18.1 Å². The number of rotatable bonds is 6. The minimum atomic E-state index is -0.616. The molecule has 0 radical (unpaired) electrons. The summed E-state index contributed by atoms with van der Waals surface area (Å²) in [7, 11) is 1.47. The lowest BCUT2D eigenvalue weighted by atomic mass is 9.72. The van der Waals surface area contributed by atoms with Gasteiger partial charge in [0.15, 0.2) is 17.3 Å². The Morgan fingerprint density at radius 1 is 1.29 bits per heavy atom. The molecule has 8 heteroatoms. The summed E-state index contributed by atoms with van der Waals surface area (Å²) in [5, 5.41) is 15.6. The highest BCUT2D eigenvalue weighted by molar-refractivity contribution is 7.10. The number of phenolic OH excluding ortho intramolecular Hbond substituents is 1. The number of ether oxygens (including phenoxy) is 3. The number of dihydropyridines is 1. The van der Waals surface area contributed by atoms with Crippen molar-refractivity contribution in [3.8, 4) is 11.5 Å². The Labute approximate surface area is 208 Å². The van der Waals surface area contributed by atoms with Gasteiger partial charge in [0.25, 0.3) is 0 Å². The Morgan fingerprint density at radius 3 is 2.86 bits per heavy atom. The van der Waals surface area contributed by atoms with E-state index < -0.39 is 11.9 Å². The summed E-state index contributed by atoms with van der Waals surface area (Å²) in [4.78, 5) is 28.2. The van der Waals surface area contributed by atoms with Crippen LogP contribution in [0.4, 0.5) is 0 Å². The maximum atomic E-state index is 13.6. The summed E-state index contributed by atoms with van der Waals surface area (Å²) in [6.45, 7) is 2.70. The van der Waals surface area contributed by atoms with Crippen LogP contribution in [-0.4, -0.2) is 43.3 Å². The smallest absolute Gasteiger partial charge is 0.336 e. The Morgan fingerprint density at radius 2 is 2.14 bits per heavy atom. The molecule has 0 bridgehead atoms. The van der Waals surface area contributed by atoms with Gasteiger partial charge >= 0.3 is 5.97 Å².